The molecule has 1 atom stereocenters. The SMILES string of the molecule is Cc1ccc(C(=O)NC(C(=O)Cl)c2ccccc2)cc1. The summed E-state index contributed by atoms with van der Waals surface area (Å²) >= 11 is 5.58. The Hall–Kier alpha value is -2.13. The van der Waals surface area contributed by atoms with Gasteiger partial charge in [-0.1, -0.05) is 48.0 Å². The predicted octanol–water partition coefficient (Wildman–Crippen LogP) is 3.23. The molecular formula is C16H14ClNO2. The summed E-state index contributed by atoms with van der Waals surface area (Å²) in [5.74, 6) is -0.326. The number of carbonyl (C=O) groups is 2. The number of rotatable bonds is 4. The number of amides is 1. The molecule has 1 N–H and O–H groups in total. The van der Waals surface area contributed by atoms with Gasteiger partial charge in [-0.25, -0.2) is 0 Å². The Bertz CT molecular complexity index is 608. The minimum absolute atomic E-state index is 0.326. The summed E-state index contributed by atoms with van der Waals surface area (Å²) in [6.07, 6.45) is 0. The second-order valence-electron chi connectivity index (χ2n) is 4.49. The van der Waals surface area contributed by atoms with Gasteiger partial charge >= 0.3 is 0 Å². The van der Waals surface area contributed by atoms with Crippen molar-refractivity contribution >= 4 is 22.8 Å². The van der Waals surface area contributed by atoms with Crippen molar-refractivity contribution in [2.45, 2.75) is 13.0 Å². The molecule has 0 bridgehead atoms. The Kier molecular flexibility index (Phi) is 4.53. The van der Waals surface area contributed by atoms with E-state index in [9.17, 15) is 9.59 Å². The van der Waals surface area contributed by atoms with Gasteiger partial charge in [0.05, 0.1) is 0 Å². The maximum absolute atomic E-state index is 12.1. The van der Waals surface area contributed by atoms with E-state index in [2.05, 4.69) is 5.32 Å². The largest absolute Gasteiger partial charge is 0.337 e. The first-order chi connectivity index (χ1) is 9.58. The van der Waals surface area contributed by atoms with Crippen LogP contribution in [-0.4, -0.2) is 11.1 Å². The summed E-state index contributed by atoms with van der Waals surface area (Å²) in [6, 6.07) is 15.2. The Balaban J connectivity index is 2.19. The maximum atomic E-state index is 12.1. The zero-order valence-corrected chi connectivity index (χ0v) is 11.7. The number of benzene rings is 2. The van der Waals surface area contributed by atoms with E-state index < -0.39 is 11.3 Å². The highest BCUT2D eigenvalue weighted by Crippen LogP contribution is 2.16. The summed E-state index contributed by atoms with van der Waals surface area (Å²) < 4.78 is 0. The third kappa shape index (κ3) is 3.45. The summed E-state index contributed by atoms with van der Waals surface area (Å²) in [6.45, 7) is 1.94. The van der Waals surface area contributed by atoms with Gasteiger partial charge in [0, 0.05) is 5.56 Å². The molecular weight excluding hydrogens is 274 g/mol. The first kappa shape index (κ1) is 14.3. The number of hydrogen-bond donors (Lipinski definition) is 1. The van der Waals surface area contributed by atoms with Gasteiger partial charge < -0.3 is 5.32 Å². The highest BCUT2D eigenvalue weighted by atomic mass is 35.5. The van der Waals surface area contributed by atoms with Crippen molar-refractivity contribution in [2.75, 3.05) is 0 Å². The molecule has 3 nitrogen and oxygen atoms in total. The molecule has 0 fully saturated rings. The van der Waals surface area contributed by atoms with Crippen LogP contribution >= 0.6 is 11.6 Å². The zero-order chi connectivity index (χ0) is 14.5. The van der Waals surface area contributed by atoms with Crippen LogP contribution in [-0.2, 0) is 4.79 Å². The molecule has 0 aliphatic carbocycles. The number of halogens is 1. The Morgan fingerprint density at radius 2 is 1.60 bits per heavy atom. The molecule has 0 saturated heterocycles. The first-order valence-electron chi connectivity index (χ1n) is 6.20. The highest BCUT2D eigenvalue weighted by molar-refractivity contribution is 6.64. The predicted molar refractivity (Wildman–Crippen MR) is 78.7 cm³/mol. The molecule has 0 heterocycles. The van der Waals surface area contributed by atoms with E-state index in [4.69, 9.17) is 11.6 Å². The van der Waals surface area contributed by atoms with Gasteiger partial charge in [-0.15, -0.1) is 0 Å². The topological polar surface area (TPSA) is 46.2 Å². The monoisotopic (exact) mass is 287 g/mol. The fraction of sp³-hybridized carbons (Fsp3) is 0.125. The van der Waals surface area contributed by atoms with Crippen molar-refractivity contribution in [3.8, 4) is 0 Å². The quantitative estimate of drug-likeness (QED) is 0.878. The van der Waals surface area contributed by atoms with Gasteiger partial charge in [-0.2, -0.15) is 0 Å². The van der Waals surface area contributed by atoms with E-state index in [1.165, 1.54) is 0 Å². The van der Waals surface area contributed by atoms with Crippen molar-refractivity contribution in [2.24, 2.45) is 0 Å². The Labute approximate surface area is 122 Å². The molecule has 4 heteroatoms. The van der Waals surface area contributed by atoms with Crippen LogP contribution in [0.4, 0.5) is 0 Å². The van der Waals surface area contributed by atoms with Crippen molar-refractivity contribution in [3.63, 3.8) is 0 Å². The molecule has 2 aromatic carbocycles. The number of hydrogen-bond acceptors (Lipinski definition) is 2. The smallest absolute Gasteiger partial charge is 0.252 e. The van der Waals surface area contributed by atoms with Crippen LogP contribution in [0.3, 0.4) is 0 Å². The van der Waals surface area contributed by atoms with Crippen LogP contribution in [0.2, 0.25) is 0 Å². The molecule has 2 rings (SSSR count). The van der Waals surface area contributed by atoms with E-state index in [-0.39, 0.29) is 5.91 Å². The number of nitrogens with one attached hydrogen (secondary N) is 1. The summed E-state index contributed by atoms with van der Waals surface area (Å²) in [5, 5.41) is 2.03. The van der Waals surface area contributed by atoms with Crippen molar-refractivity contribution in [1.29, 1.82) is 0 Å². The van der Waals surface area contributed by atoms with E-state index in [0.717, 1.165) is 5.56 Å². The molecule has 0 aromatic heterocycles. The fourth-order valence-corrected chi connectivity index (χ4v) is 2.02. The summed E-state index contributed by atoms with van der Waals surface area (Å²) in [5.41, 5.74) is 2.22. The minimum Gasteiger partial charge on any atom is -0.337 e. The van der Waals surface area contributed by atoms with Crippen LogP contribution in [0.15, 0.2) is 54.6 Å². The molecule has 20 heavy (non-hydrogen) atoms. The minimum atomic E-state index is -0.841. The third-order valence-electron chi connectivity index (χ3n) is 2.95. The highest BCUT2D eigenvalue weighted by Gasteiger charge is 2.21. The molecule has 1 unspecified atom stereocenters. The molecule has 2 aromatic rings. The van der Waals surface area contributed by atoms with Crippen molar-refractivity contribution in [3.05, 3.63) is 71.3 Å². The van der Waals surface area contributed by atoms with Crippen LogP contribution < -0.4 is 5.32 Å². The van der Waals surface area contributed by atoms with E-state index >= 15 is 0 Å². The molecule has 0 aliphatic rings. The van der Waals surface area contributed by atoms with E-state index in [1.54, 1.807) is 36.4 Å². The standard InChI is InChI=1S/C16H14ClNO2/c1-11-7-9-13(10-8-11)16(20)18-14(15(17)19)12-5-3-2-4-6-12/h2-10,14H,1H3,(H,18,20). The van der Waals surface area contributed by atoms with Crippen LogP contribution in [0.25, 0.3) is 0 Å². The lowest BCUT2D eigenvalue weighted by Crippen LogP contribution is -2.31. The average Bonchev–Trinajstić information content (AvgIpc) is 2.46. The number of carbonyl (C=O) groups excluding carboxylic acids is 2. The van der Waals surface area contributed by atoms with E-state index in [1.807, 2.05) is 25.1 Å². The summed E-state index contributed by atoms with van der Waals surface area (Å²) in [4.78, 5) is 23.6. The molecule has 0 saturated carbocycles. The molecule has 0 spiro atoms. The summed E-state index contributed by atoms with van der Waals surface area (Å²) in [7, 11) is 0. The van der Waals surface area contributed by atoms with Crippen LogP contribution in [0.5, 0.6) is 0 Å². The lowest BCUT2D eigenvalue weighted by Gasteiger charge is -2.15. The second-order valence-corrected chi connectivity index (χ2v) is 4.86. The Morgan fingerprint density at radius 1 is 1.00 bits per heavy atom. The van der Waals surface area contributed by atoms with Gasteiger partial charge in [0.1, 0.15) is 6.04 Å². The average molecular weight is 288 g/mol. The van der Waals surface area contributed by atoms with Crippen molar-refractivity contribution < 1.29 is 9.59 Å². The molecule has 1 amide bonds. The molecule has 0 aliphatic heterocycles. The molecule has 0 radical (unpaired) electrons. The van der Waals surface area contributed by atoms with E-state index in [0.29, 0.717) is 11.1 Å². The fourth-order valence-electron chi connectivity index (χ4n) is 1.84. The first-order valence-corrected chi connectivity index (χ1v) is 6.57. The molecule has 102 valence electrons. The van der Waals surface area contributed by atoms with Gasteiger partial charge in [-0.05, 0) is 36.2 Å². The lowest BCUT2D eigenvalue weighted by atomic mass is 10.1. The lowest BCUT2D eigenvalue weighted by molar-refractivity contribution is -0.113. The zero-order valence-electron chi connectivity index (χ0n) is 11.0. The maximum Gasteiger partial charge on any atom is 0.252 e. The third-order valence-corrected chi connectivity index (χ3v) is 3.17. The normalized spacial score (nSPS) is 11.7. The van der Waals surface area contributed by atoms with Crippen molar-refractivity contribution in [1.82, 2.24) is 5.32 Å². The van der Waals surface area contributed by atoms with Crippen LogP contribution in [0, 0.1) is 6.92 Å². The Morgan fingerprint density at radius 3 is 2.15 bits per heavy atom. The van der Waals surface area contributed by atoms with Gasteiger partial charge in [-0.3, -0.25) is 9.59 Å². The van der Waals surface area contributed by atoms with Crippen LogP contribution in [0.1, 0.15) is 27.5 Å². The van der Waals surface area contributed by atoms with Gasteiger partial charge in [0.15, 0.2) is 0 Å². The van der Waals surface area contributed by atoms with Gasteiger partial charge in [0.25, 0.3) is 5.91 Å². The van der Waals surface area contributed by atoms with Gasteiger partial charge in [0.2, 0.25) is 5.24 Å². The second kappa shape index (κ2) is 6.35. The number of aryl methyl sites for hydroxylation is 1.